The van der Waals surface area contributed by atoms with E-state index >= 15 is 0 Å². The Labute approximate surface area is 133 Å². The highest BCUT2D eigenvalue weighted by molar-refractivity contribution is 5.95. The lowest BCUT2D eigenvalue weighted by Gasteiger charge is -2.34. The SMILES string of the molecule is O=C(CCC(=O)N1CCN(c2ncccn2)CC1)c1ccco1. The molecule has 0 radical (unpaired) electrons. The van der Waals surface area contributed by atoms with E-state index in [4.69, 9.17) is 4.42 Å². The zero-order valence-corrected chi connectivity index (χ0v) is 12.7. The highest BCUT2D eigenvalue weighted by Crippen LogP contribution is 2.12. The van der Waals surface area contributed by atoms with Crippen LogP contribution >= 0.6 is 0 Å². The minimum atomic E-state index is -0.139. The van der Waals surface area contributed by atoms with Gasteiger partial charge in [-0.3, -0.25) is 9.59 Å². The number of anilines is 1. The van der Waals surface area contributed by atoms with E-state index in [0.717, 1.165) is 0 Å². The highest BCUT2D eigenvalue weighted by atomic mass is 16.3. The molecule has 23 heavy (non-hydrogen) atoms. The third kappa shape index (κ3) is 3.74. The van der Waals surface area contributed by atoms with E-state index in [9.17, 15) is 9.59 Å². The molecule has 7 heteroatoms. The fraction of sp³-hybridized carbons (Fsp3) is 0.375. The molecule has 0 saturated carbocycles. The minimum Gasteiger partial charge on any atom is -0.461 e. The van der Waals surface area contributed by atoms with Crippen LogP contribution in [0.5, 0.6) is 0 Å². The lowest BCUT2D eigenvalue weighted by atomic mass is 10.1. The van der Waals surface area contributed by atoms with Crippen LogP contribution in [0.25, 0.3) is 0 Å². The molecule has 1 saturated heterocycles. The number of hydrogen-bond acceptors (Lipinski definition) is 6. The molecule has 0 bridgehead atoms. The van der Waals surface area contributed by atoms with E-state index < -0.39 is 0 Å². The van der Waals surface area contributed by atoms with Crippen LogP contribution in [-0.4, -0.2) is 52.7 Å². The molecule has 0 aliphatic carbocycles. The van der Waals surface area contributed by atoms with Gasteiger partial charge >= 0.3 is 0 Å². The van der Waals surface area contributed by atoms with Crippen LogP contribution in [0.4, 0.5) is 5.95 Å². The van der Waals surface area contributed by atoms with E-state index in [1.165, 1.54) is 6.26 Å². The summed E-state index contributed by atoms with van der Waals surface area (Å²) < 4.78 is 5.04. The lowest BCUT2D eigenvalue weighted by Crippen LogP contribution is -2.49. The van der Waals surface area contributed by atoms with Gasteiger partial charge in [0.1, 0.15) is 0 Å². The molecule has 0 N–H and O–H groups in total. The van der Waals surface area contributed by atoms with Crippen LogP contribution in [0.15, 0.2) is 41.3 Å². The number of aromatic nitrogens is 2. The monoisotopic (exact) mass is 314 g/mol. The maximum atomic E-state index is 12.2. The maximum absolute atomic E-state index is 12.2. The Morgan fingerprint density at radius 3 is 2.43 bits per heavy atom. The summed E-state index contributed by atoms with van der Waals surface area (Å²) in [4.78, 5) is 36.3. The molecule has 1 aliphatic heterocycles. The Bertz CT molecular complexity index is 649. The molecule has 2 aromatic rings. The summed E-state index contributed by atoms with van der Waals surface area (Å²) in [5.74, 6) is 0.856. The number of carbonyl (C=O) groups excluding carboxylic acids is 2. The molecule has 0 aromatic carbocycles. The molecule has 120 valence electrons. The topological polar surface area (TPSA) is 79.5 Å². The van der Waals surface area contributed by atoms with Crippen LogP contribution in [0.1, 0.15) is 23.4 Å². The number of amides is 1. The molecule has 1 amide bonds. The van der Waals surface area contributed by atoms with E-state index in [2.05, 4.69) is 14.9 Å². The molecular formula is C16H18N4O3. The number of ketones is 1. The molecule has 0 unspecified atom stereocenters. The van der Waals surface area contributed by atoms with Gasteiger partial charge in [0.25, 0.3) is 0 Å². The summed E-state index contributed by atoms with van der Waals surface area (Å²) in [7, 11) is 0. The number of rotatable bonds is 5. The van der Waals surface area contributed by atoms with E-state index in [1.54, 1.807) is 35.5 Å². The van der Waals surface area contributed by atoms with Crippen LogP contribution < -0.4 is 4.90 Å². The number of nitrogens with zero attached hydrogens (tertiary/aromatic N) is 4. The summed E-state index contributed by atoms with van der Waals surface area (Å²) in [6.45, 7) is 2.63. The van der Waals surface area contributed by atoms with Crippen molar-refractivity contribution in [3.05, 3.63) is 42.6 Å². The van der Waals surface area contributed by atoms with Gasteiger partial charge in [-0.1, -0.05) is 0 Å². The average Bonchev–Trinajstić information content (AvgIpc) is 3.15. The van der Waals surface area contributed by atoms with Crippen molar-refractivity contribution in [2.75, 3.05) is 31.1 Å². The second-order valence-electron chi connectivity index (χ2n) is 5.32. The van der Waals surface area contributed by atoms with Crippen molar-refractivity contribution in [3.63, 3.8) is 0 Å². The van der Waals surface area contributed by atoms with Crippen molar-refractivity contribution >= 4 is 17.6 Å². The Morgan fingerprint density at radius 2 is 1.78 bits per heavy atom. The molecule has 3 rings (SSSR count). The van der Waals surface area contributed by atoms with Crippen molar-refractivity contribution in [3.8, 4) is 0 Å². The van der Waals surface area contributed by atoms with E-state index in [-0.39, 0.29) is 24.5 Å². The van der Waals surface area contributed by atoms with Crippen molar-refractivity contribution in [1.29, 1.82) is 0 Å². The molecule has 0 spiro atoms. The number of hydrogen-bond donors (Lipinski definition) is 0. The second kappa shape index (κ2) is 7.04. The Hall–Kier alpha value is -2.70. The van der Waals surface area contributed by atoms with E-state index in [0.29, 0.717) is 37.9 Å². The largest absolute Gasteiger partial charge is 0.461 e. The van der Waals surface area contributed by atoms with Gasteiger partial charge in [-0.15, -0.1) is 0 Å². The summed E-state index contributed by atoms with van der Waals surface area (Å²) >= 11 is 0. The van der Waals surface area contributed by atoms with Crippen LogP contribution in [-0.2, 0) is 4.79 Å². The molecule has 2 aromatic heterocycles. The molecule has 3 heterocycles. The van der Waals surface area contributed by atoms with Crippen molar-refractivity contribution in [2.24, 2.45) is 0 Å². The summed E-state index contributed by atoms with van der Waals surface area (Å²) in [6, 6.07) is 5.06. The minimum absolute atomic E-state index is 0.00136. The standard InChI is InChI=1S/C16H18N4O3/c21-13(14-3-1-12-23-14)4-5-15(22)19-8-10-20(11-9-19)16-17-6-2-7-18-16/h1-3,6-7,12H,4-5,8-11H2. The maximum Gasteiger partial charge on any atom is 0.225 e. The third-order valence-corrected chi connectivity index (χ3v) is 3.83. The van der Waals surface area contributed by atoms with Crippen LogP contribution in [0, 0.1) is 0 Å². The Kier molecular flexibility index (Phi) is 4.65. The zero-order valence-electron chi connectivity index (χ0n) is 12.7. The van der Waals surface area contributed by atoms with Gasteiger partial charge in [0.15, 0.2) is 11.5 Å². The first-order valence-electron chi connectivity index (χ1n) is 7.60. The van der Waals surface area contributed by atoms with Gasteiger partial charge in [0.2, 0.25) is 11.9 Å². The predicted molar refractivity (Wildman–Crippen MR) is 83.1 cm³/mol. The summed E-state index contributed by atoms with van der Waals surface area (Å²) in [5, 5.41) is 0. The van der Waals surface area contributed by atoms with Crippen molar-refractivity contribution in [2.45, 2.75) is 12.8 Å². The van der Waals surface area contributed by atoms with Crippen molar-refractivity contribution in [1.82, 2.24) is 14.9 Å². The van der Waals surface area contributed by atoms with Gasteiger partial charge in [0.05, 0.1) is 6.26 Å². The fourth-order valence-electron chi connectivity index (χ4n) is 2.55. The van der Waals surface area contributed by atoms with Crippen LogP contribution in [0.3, 0.4) is 0 Å². The third-order valence-electron chi connectivity index (χ3n) is 3.83. The first kappa shape index (κ1) is 15.2. The number of furan rings is 1. The fourth-order valence-corrected chi connectivity index (χ4v) is 2.55. The lowest BCUT2D eigenvalue weighted by molar-refractivity contribution is -0.131. The molecular weight excluding hydrogens is 296 g/mol. The first-order valence-corrected chi connectivity index (χ1v) is 7.60. The molecule has 0 atom stereocenters. The van der Waals surface area contributed by atoms with E-state index in [1.807, 2.05) is 0 Å². The average molecular weight is 314 g/mol. The number of carbonyl (C=O) groups is 2. The smallest absolute Gasteiger partial charge is 0.225 e. The summed E-state index contributed by atoms with van der Waals surface area (Å²) in [5.41, 5.74) is 0. The van der Waals surface area contributed by atoms with Gasteiger partial charge in [-0.05, 0) is 18.2 Å². The second-order valence-corrected chi connectivity index (χ2v) is 5.32. The first-order chi connectivity index (χ1) is 11.2. The molecule has 1 fully saturated rings. The molecule has 1 aliphatic rings. The van der Waals surface area contributed by atoms with Crippen molar-refractivity contribution < 1.29 is 14.0 Å². The highest BCUT2D eigenvalue weighted by Gasteiger charge is 2.23. The summed E-state index contributed by atoms with van der Waals surface area (Å²) in [6.07, 6.45) is 5.26. The van der Waals surface area contributed by atoms with Gasteiger partial charge < -0.3 is 14.2 Å². The van der Waals surface area contributed by atoms with Gasteiger partial charge in [0, 0.05) is 51.4 Å². The number of piperazine rings is 1. The zero-order chi connectivity index (χ0) is 16.1. The number of Topliss-reactive ketones (excluding diaryl/α,β-unsaturated/α-hetero) is 1. The Balaban J connectivity index is 1.46. The van der Waals surface area contributed by atoms with Gasteiger partial charge in [-0.25, -0.2) is 9.97 Å². The van der Waals surface area contributed by atoms with Crippen LogP contribution in [0.2, 0.25) is 0 Å². The quantitative estimate of drug-likeness (QED) is 0.776. The Morgan fingerprint density at radius 1 is 1.04 bits per heavy atom. The normalized spacial score (nSPS) is 14.8. The van der Waals surface area contributed by atoms with Gasteiger partial charge in [-0.2, -0.15) is 0 Å². The predicted octanol–water partition coefficient (Wildman–Crippen LogP) is 1.38. The molecule has 7 nitrogen and oxygen atoms in total.